The van der Waals surface area contributed by atoms with Crippen LogP contribution < -0.4 is 20.3 Å². The first-order chi connectivity index (χ1) is 14.5. The van der Waals surface area contributed by atoms with Crippen LogP contribution in [-0.4, -0.2) is 24.5 Å². The van der Waals surface area contributed by atoms with Crippen molar-refractivity contribution in [2.24, 2.45) is 5.92 Å². The molecule has 1 amide bonds. The van der Waals surface area contributed by atoms with E-state index < -0.39 is 5.91 Å². The predicted octanol–water partition coefficient (Wildman–Crippen LogP) is 3.80. The van der Waals surface area contributed by atoms with Crippen molar-refractivity contribution in [3.63, 3.8) is 0 Å². The van der Waals surface area contributed by atoms with Crippen LogP contribution in [0, 0.1) is 25.6 Å². The van der Waals surface area contributed by atoms with Crippen LogP contribution in [0.4, 0.5) is 4.39 Å². The molecule has 1 aliphatic rings. The Morgan fingerprint density at radius 1 is 1.10 bits per heavy atom. The molecule has 30 heavy (non-hydrogen) atoms. The number of fused-ring (bicyclic) bond motifs is 1. The van der Waals surface area contributed by atoms with Gasteiger partial charge in [-0.05, 0) is 74.0 Å². The van der Waals surface area contributed by atoms with Gasteiger partial charge in [-0.1, -0.05) is 24.6 Å². The molecule has 0 saturated carbocycles. The molecule has 7 heteroatoms. The molecule has 0 radical (unpaired) electrons. The van der Waals surface area contributed by atoms with E-state index in [2.05, 4.69) is 5.32 Å². The first kappa shape index (κ1) is 22.1. The maximum absolute atomic E-state index is 13.8. The van der Waals surface area contributed by atoms with E-state index in [1.54, 1.807) is 31.5 Å². The quantitative estimate of drug-likeness (QED) is 0.312. The fraction of sp³-hybridized carbons (Fsp3) is 0.435. The highest BCUT2D eigenvalue weighted by atomic mass is 19.1. The molecule has 1 atom stereocenters. The van der Waals surface area contributed by atoms with Crippen LogP contribution in [0.3, 0.4) is 0 Å². The summed E-state index contributed by atoms with van der Waals surface area (Å²) in [5, 5.41) is 12.5. The van der Waals surface area contributed by atoms with Gasteiger partial charge in [-0.25, -0.2) is 9.87 Å². The van der Waals surface area contributed by atoms with Crippen molar-refractivity contribution in [2.75, 3.05) is 13.3 Å². The van der Waals surface area contributed by atoms with E-state index in [1.165, 1.54) is 0 Å². The highest BCUT2D eigenvalue weighted by Gasteiger charge is 2.19. The SMILES string of the molecule is Cc1cc(C[C@H](CCCCNCc2ccc3c(c2)OCO3)C(=O)NO)cc(C)c1F. The number of hydrogen-bond donors (Lipinski definition) is 3. The monoisotopic (exact) mass is 416 g/mol. The lowest BCUT2D eigenvalue weighted by Gasteiger charge is -2.16. The van der Waals surface area contributed by atoms with Gasteiger partial charge in [0.2, 0.25) is 12.7 Å². The van der Waals surface area contributed by atoms with E-state index in [9.17, 15) is 9.18 Å². The summed E-state index contributed by atoms with van der Waals surface area (Å²) in [6.45, 7) is 5.26. The Morgan fingerprint density at radius 2 is 1.83 bits per heavy atom. The number of halogens is 1. The van der Waals surface area contributed by atoms with Gasteiger partial charge in [0.25, 0.3) is 0 Å². The number of hydroxylamine groups is 1. The predicted molar refractivity (Wildman–Crippen MR) is 111 cm³/mol. The van der Waals surface area contributed by atoms with Gasteiger partial charge in [0.05, 0.1) is 0 Å². The number of carbonyl (C=O) groups excluding carboxylic acids is 1. The Labute approximate surface area is 176 Å². The number of amides is 1. The number of benzene rings is 2. The summed E-state index contributed by atoms with van der Waals surface area (Å²) < 4.78 is 24.5. The fourth-order valence-electron chi connectivity index (χ4n) is 3.78. The number of rotatable bonds is 10. The smallest absolute Gasteiger partial charge is 0.246 e. The third-order valence-electron chi connectivity index (χ3n) is 5.38. The molecule has 1 heterocycles. The molecule has 3 rings (SSSR count). The van der Waals surface area contributed by atoms with Gasteiger partial charge in [0.1, 0.15) is 5.82 Å². The summed E-state index contributed by atoms with van der Waals surface area (Å²) in [5.74, 6) is 0.587. The normalized spacial score (nSPS) is 13.3. The summed E-state index contributed by atoms with van der Waals surface area (Å²) in [4.78, 5) is 12.1. The number of unbranched alkanes of at least 4 members (excludes halogenated alkanes) is 1. The Morgan fingerprint density at radius 3 is 2.57 bits per heavy atom. The number of nitrogens with one attached hydrogen (secondary N) is 2. The molecule has 0 fully saturated rings. The second-order valence-corrected chi connectivity index (χ2v) is 7.78. The molecule has 2 aromatic carbocycles. The lowest BCUT2D eigenvalue weighted by atomic mass is 9.91. The van der Waals surface area contributed by atoms with Crippen molar-refractivity contribution in [3.05, 3.63) is 58.4 Å². The zero-order valence-corrected chi connectivity index (χ0v) is 17.5. The Bertz CT molecular complexity index is 864. The lowest BCUT2D eigenvalue weighted by Crippen LogP contribution is -2.29. The van der Waals surface area contributed by atoms with Crippen LogP contribution >= 0.6 is 0 Å². The van der Waals surface area contributed by atoms with Gasteiger partial charge in [-0.2, -0.15) is 0 Å². The average Bonchev–Trinajstić information content (AvgIpc) is 3.20. The van der Waals surface area contributed by atoms with Crippen molar-refractivity contribution in [1.29, 1.82) is 0 Å². The highest BCUT2D eigenvalue weighted by molar-refractivity contribution is 5.77. The van der Waals surface area contributed by atoms with E-state index in [0.717, 1.165) is 48.6 Å². The number of hydrogen-bond acceptors (Lipinski definition) is 5. The second-order valence-electron chi connectivity index (χ2n) is 7.78. The molecule has 6 nitrogen and oxygen atoms in total. The number of ether oxygens (including phenoxy) is 2. The molecule has 0 aliphatic carbocycles. The van der Waals surface area contributed by atoms with Crippen LogP contribution in [0.25, 0.3) is 0 Å². The largest absolute Gasteiger partial charge is 0.454 e. The van der Waals surface area contributed by atoms with Gasteiger partial charge in [-0.3, -0.25) is 10.0 Å². The first-order valence-corrected chi connectivity index (χ1v) is 10.3. The molecular formula is C23H29FN2O4. The number of aryl methyl sites for hydroxylation is 2. The lowest BCUT2D eigenvalue weighted by molar-refractivity contribution is -0.133. The summed E-state index contributed by atoms with van der Waals surface area (Å²) in [5.41, 5.74) is 4.94. The minimum Gasteiger partial charge on any atom is -0.454 e. The van der Waals surface area contributed by atoms with Crippen LogP contribution in [0.1, 0.15) is 41.5 Å². The van der Waals surface area contributed by atoms with Gasteiger partial charge in [0, 0.05) is 12.5 Å². The van der Waals surface area contributed by atoms with Crippen molar-refractivity contribution in [1.82, 2.24) is 10.8 Å². The molecule has 2 aromatic rings. The van der Waals surface area contributed by atoms with Crippen LogP contribution in [0.15, 0.2) is 30.3 Å². The van der Waals surface area contributed by atoms with E-state index in [1.807, 2.05) is 18.2 Å². The molecular weight excluding hydrogens is 387 g/mol. The maximum Gasteiger partial charge on any atom is 0.246 e. The van der Waals surface area contributed by atoms with Crippen molar-refractivity contribution in [3.8, 4) is 11.5 Å². The summed E-state index contributed by atoms with van der Waals surface area (Å²) in [7, 11) is 0. The molecule has 1 aliphatic heterocycles. The van der Waals surface area contributed by atoms with Gasteiger partial charge >= 0.3 is 0 Å². The highest BCUT2D eigenvalue weighted by Crippen LogP contribution is 2.32. The topological polar surface area (TPSA) is 79.8 Å². The van der Waals surface area contributed by atoms with Gasteiger partial charge in [-0.15, -0.1) is 0 Å². The fourth-order valence-corrected chi connectivity index (χ4v) is 3.78. The first-order valence-electron chi connectivity index (χ1n) is 10.3. The average molecular weight is 416 g/mol. The number of carbonyl (C=O) groups is 1. The zero-order valence-electron chi connectivity index (χ0n) is 17.5. The van der Waals surface area contributed by atoms with E-state index >= 15 is 0 Å². The van der Waals surface area contributed by atoms with Crippen molar-refractivity contribution >= 4 is 5.91 Å². The zero-order chi connectivity index (χ0) is 21.5. The van der Waals surface area contributed by atoms with Gasteiger partial charge in [0.15, 0.2) is 11.5 Å². The minimum absolute atomic E-state index is 0.213. The van der Waals surface area contributed by atoms with E-state index in [4.69, 9.17) is 14.7 Å². The molecule has 162 valence electrons. The summed E-state index contributed by atoms with van der Waals surface area (Å²) in [6, 6.07) is 9.44. The van der Waals surface area contributed by atoms with E-state index in [0.29, 0.717) is 24.0 Å². The minimum atomic E-state index is -0.400. The Hall–Kier alpha value is -2.64. The van der Waals surface area contributed by atoms with E-state index in [-0.39, 0.29) is 18.5 Å². The van der Waals surface area contributed by atoms with Crippen LogP contribution in [0.5, 0.6) is 11.5 Å². The third-order valence-corrected chi connectivity index (χ3v) is 5.38. The summed E-state index contributed by atoms with van der Waals surface area (Å²) in [6.07, 6.45) is 2.86. The second kappa shape index (κ2) is 10.4. The molecule has 3 N–H and O–H groups in total. The van der Waals surface area contributed by atoms with Crippen LogP contribution in [-0.2, 0) is 17.8 Å². The van der Waals surface area contributed by atoms with Gasteiger partial charge < -0.3 is 14.8 Å². The standard InChI is InChI=1S/C23H29FN2O4/c1-15-9-18(10-16(2)22(15)24)11-19(23(27)26-28)5-3-4-8-25-13-17-6-7-20-21(12-17)30-14-29-20/h6-7,9-10,12,19,25,28H,3-5,8,11,13-14H2,1-2H3,(H,26,27)/t19-/m0/s1. The molecule has 0 spiro atoms. The Kier molecular flexibility index (Phi) is 7.65. The molecule has 0 saturated heterocycles. The molecule has 0 bridgehead atoms. The molecule has 0 unspecified atom stereocenters. The summed E-state index contributed by atoms with van der Waals surface area (Å²) >= 11 is 0. The van der Waals surface area contributed by atoms with Crippen molar-refractivity contribution in [2.45, 2.75) is 46.1 Å². The maximum atomic E-state index is 13.8. The molecule has 0 aromatic heterocycles. The van der Waals surface area contributed by atoms with Crippen molar-refractivity contribution < 1.29 is 23.9 Å². The van der Waals surface area contributed by atoms with Crippen LogP contribution in [0.2, 0.25) is 0 Å². The third kappa shape index (κ3) is 5.70. The Balaban J connectivity index is 1.43.